The van der Waals surface area contributed by atoms with Gasteiger partial charge < -0.3 is 19.5 Å². The van der Waals surface area contributed by atoms with Crippen LogP contribution in [0.15, 0.2) is 59.1 Å². The first-order valence-electron chi connectivity index (χ1n) is 10.3. The van der Waals surface area contributed by atoms with Gasteiger partial charge >= 0.3 is 0 Å². The second-order valence-electron chi connectivity index (χ2n) is 7.42. The van der Waals surface area contributed by atoms with Gasteiger partial charge in [-0.25, -0.2) is 0 Å². The number of likely N-dealkylation sites (tertiary alicyclic amines) is 1. The monoisotopic (exact) mass is 420 g/mol. The van der Waals surface area contributed by atoms with Crippen molar-refractivity contribution in [2.75, 3.05) is 13.1 Å². The van der Waals surface area contributed by atoms with Crippen LogP contribution in [0.5, 0.6) is 5.75 Å². The van der Waals surface area contributed by atoms with Crippen molar-refractivity contribution < 1.29 is 18.8 Å². The van der Waals surface area contributed by atoms with Gasteiger partial charge in [0.05, 0.1) is 5.56 Å². The molecule has 0 spiro atoms. The molecule has 8 nitrogen and oxygen atoms in total. The minimum absolute atomic E-state index is 0.0460. The predicted molar refractivity (Wildman–Crippen MR) is 113 cm³/mol. The van der Waals surface area contributed by atoms with E-state index in [0.717, 1.165) is 0 Å². The van der Waals surface area contributed by atoms with E-state index in [2.05, 4.69) is 15.5 Å². The maximum Gasteiger partial charge on any atom is 0.257 e. The van der Waals surface area contributed by atoms with E-state index in [0.29, 0.717) is 54.5 Å². The quantitative estimate of drug-likeness (QED) is 0.658. The molecule has 160 valence electrons. The summed E-state index contributed by atoms with van der Waals surface area (Å²) in [5.41, 5.74) is 1.14. The molecule has 0 radical (unpaired) electrons. The van der Waals surface area contributed by atoms with Crippen molar-refractivity contribution in [3.8, 4) is 5.75 Å². The van der Waals surface area contributed by atoms with E-state index in [1.165, 1.54) is 0 Å². The van der Waals surface area contributed by atoms with Crippen molar-refractivity contribution in [1.29, 1.82) is 0 Å². The summed E-state index contributed by atoms with van der Waals surface area (Å²) in [5.74, 6) is 1.20. The number of aromatic nitrogens is 2. The molecule has 0 saturated carbocycles. The van der Waals surface area contributed by atoms with E-state index in [-0.39, 0.29) is 24.5 Å². The van der Waals surface area contributed by atoms with Crippen LogP contribution in [-0.4, -0.2) is 46.0 Å². The molecule has 1 N–H and O–H groups in total. The summed E-state index contributed by atoms with van der Waals surface area (Å²) in [6.07, 6.45) is 1.41. The zero-order valence-electron chi connectivity index (χ0n) is 17.3. The number of amides is 2. The van der Waals surface area contributed by atoms with Gasteiger partial charge in [-0.1, -0.05) is 35.5 Å². The fourth-order valence-corrected chi connectivity index (χ4v) is 3.57. The normalized spacial score (nSPS) is 14.3. The van der Waals surface area contributed by atoms with Gasteiger partial charge in [0.25, 0.3) is 11.8 Å². The fourth-order valence-electron chi connectivity index (χ4n) is 3.57. The molecule has 1 aliphatic rings. The third-order valence-corrected chi connectivity index (χ3v) is 5.20. The molecule has 2 aromatic carbocycles. The molecule has 3 aromatic rings. The molecule has 0 atom stereocenters. The molecular formula is C23H24N4O4. The van der Waals surface area contributed by atoms with Gasteiger partial charge in [-0.15, -0.1) is 0 Å². The molecule has 1 aliphatic heterocycles. The van der Waals surface area contributed by atoms with Crippen LogP contribution < -0.4 is 10.1 Å². The number of nitrogens with zero attached hydrogens (tertiary/aromatic N) is 3. The number of hydrogen-bond acceptors (Lipinski definition) is 6. The number of nitrogens with one attached hydrogen (secondary N) is 1. The number of carbonyl (C=O) groups excluding carboxylic acids is 2. The Morgan fingerprint density at radius 1 is 1.10 bits per heavy atom. The number of carbonyl (C=O) groups is 2. The highest BCUT2D eigenvalue weighted by Gasteiger charge is 2.26. The third kappa shape index (κ3) is 5.09. The van der Waals surface area contributed by atoms with Gasteiger partial charge in [-0.3, -0.25) is 9.59 Å². The number of rotatable bonds is 6. The first-order valence-corrected chi connectivity index (χ1v) is 10.3. The Labute approximate surface area is 180 Å². The molecule has 1 aromatic heterocycles. The molecule has 8 heteroatoms. The Kier molecular flexibility index (Phi) is 6.26. The highest BCUT2D eigenvalue weighted by molar-refractivity contribution is 5.97. The van der Waals surface area contributed by atoms with Crippen LogP contribution in [0.25, 0.3) is 0 Å². The molecule has 1 saturated heterocycles. The Hall–Kier alpha value is -3.68. The largest absolute Gasteiger partial charge is 0.485 e. The molecule has 0 bridgehead atoms. The van der Waals surface area contributed by atoms with E-state index >= 15 is 0 Å². The molecule has 2 heterocycles. The molecule has 0 unspecified atom stereocenters. The minimum Gasteiger partial charge on any atom is -0.485 e. The zero-order chi connectivity index (χ0) is 21.6. The summed E-state index contributed by atoms with van der Waals surface area (Å²) < 4.78 is 10.7. The van der Waals surface area contributed by atoms with E-state index in [1.54, 1.807) is 36.1 Å². The number of aryl methyl sites for hydroxylation is 1. The Morgan fingerprint density at radius 2 is 1.81 bits per heavy atom. The van der Waals surface area contributed by atoms with E-state index in [9.17, 15) is 9.59 Å². The van der Waals surface area contributed by atoms with E-state index < -0.39 is 0 Å². The van der Waals surface area contributed by atoms with Crippen LogP contribution in [-0.2, 0) is 6.61 Å². The van der Waals surface area contributed by atoms with Gasteiger partial charge in [0.15, 0.2) is 6.61 Å². The van der Waals surface area contributed by atoms with Crippen molar-refractivity contribution in [3.63, 3.8) is 0 Å². The van der Waals surface area contributed by atoms with Crippen LogP contribution in [0.4, 0.5) is 0 Å². The maximum atomic E-state index is 13.1. The van der Waals surface area contributed by atoms with Crippen molar-refractivity contribution in [3.05, 3.63) is 77.4 Å². The molecule has 2 amide bonds. The predicted octanol–water partition coefficient (Wildman–Crippen LogP) is 2.99. The van der Waals surface area contributed by atoms with Crippen LogP contribution in [0.1, 0.15) is 45.3 Å². The summed E-state index contributed by atoms with van der Waals surface area (Å²) >= 11 is 0. The maximum absolute atomic E-state index is 13.1. The lowest BCUT2D eigenvalue weighted by atomic mass is 10.0. The summed E-state index contributed by atoms with van der Waals surface area (Å²) in [6, 6.07) is 16.3. The zero-order valence-corrected chi connectivity index (χ0v) is 17.3. The first-order chi connectivity index (χ1) is 15.1. The van der Waals surface area contributed by atoms with Crippen LogP contribution in [0, 0.1) is 6.92 Å². The lowest BCUT2D eigenvalue weighted by molar-refractivity contribution is 0.0693. The molecule has 31 heavy (non-hydrogen) atoms. The molecule has 1 fully saturated rings. The van der Waals surface area contributed by atoms with E-state index in [1.807, 2.05) is 30.3 Å². The van der Waals surface area contributed by atoms with Crippen molar-refractivity contribution in [2.45, 2.75) is 32.4 Å². The number of piperidine rings is 1. The molecule has 4 rings (SSSR count). The average molecular weight is 420 g/mol. The Balaban J connectivity index is 1.34. The fraction of sp³-hybridized carbons (Fsp3) is 0.304. The lowest BCUT2D eigenvalue weighted by Crippen LogP contribution is -2.46. The van der Waals surface area contributed by atoms with E-state index in [4.69, 9.17) is 9.26 Å². The third-order valence-electron chi connectivity index (χ3n) is 5.20. The summed E-state index contributed by atoms with van der Waals surface area (Å²) in [7, 11) is 0. The summed E-state index contributed by atoms with van der Waals surface area (Å²) in [5, 5.41) is 6.87. The highest BCUT2D eigenvalue weighted by atomic mass is 16.5. The van der Waals surface area contributed by atoms with Crippen LogP contribution in [0.3, 0.4) is 0 Å². The van der Waals surface area contributed by atoms with Gasteiger partial charge in [-0.2, -0.15) is 4.98 Å². The van der Waals surface area contributed by atoms with Gasteiger partial charge in [-0.05, 0) is 37.1 Å². The number of ether oxygens (including phenoxy) is 1. The first kappa shape index (κ1) is 20.6. The number of benzene rings is 2. The number of hydrogen-bond donors (Lipinski definition) is 1. The second-order valence-corrected chi connectivity index (χ2v) is 7.42. The SMILES string of the molecule is Cc1nc(COc2ccccc2C(=O)N2CCC(NC(=O)c3ccccc3)CC2)no1. The minimum atomic E-state index is -0.0901. The Morgan fingerprint density at radius 3 is 2.52 bits per heavy atom. The smallest absolute Gasteiger partial charge is 0.257 e. The van der Waals surface area contributed by atoms with Crippen molar-refractivity contribution >= 4 is 11.8 Å². The second kappa shape index (κ2) is 9.42. The van der Waals surface area contributed by atoms with Gasteiger partial charge in [0, 0.05) is 31.6 Å². The van der Waals surface area contributed by atoms with Crippen molar-refractivity contribution in [2.24, 2.45) is 0 Å². The summed E-state index contributed by atoms with van der Waals surface area (Å²) in [6.45, 7) is 2.96. The van der Waals surface area contributed by atoms with Crippen LogP contribution in [0.2, 0.25) is 0 Å². The van der Waals surface area contributed by atoms with Crippen LogP contribution >= 0.6 is 0 Å². The molecular weight excluding hydrogens is 396 g/mol. The van der Waals surface area contributed by atoms with Crippen molar-refractivity contribution in [1.82, 2.24) is 20.4 Å². The average Bonchev–Trinajstić information content (AvgIpc) is 3.23. The highest BCUT2D eigenvalue weighted by Crippen LogP contribution is 2.23. The lowest BCUT2D eigenvalue weighted by Gasteiger charge is -2.32. The summed E-state index contributed by atoms with van der Waals surface area (Å²) in [4.78, 5) is 31.4. The topological polar surface area (TPSA) is 97.6 Å². The number of para-hydroxylation sites is 1. The Bertz CT molecular complexity index is 1040. The standard InChI is InChI=1S/C23H24N4O4/c1-16-24-21(26-31-16)15-30-20-10-6-5-9-19(20)23(29)27-13-11-18(12-14-27)25-22(28)17-7-3-2-4-8-17/h2-10,18H,11-15H2,1H3,(H,25,28). The van der Waals surface area contributed by atoms with Gasteiger partial charge in [0.2, 0.25) is 11.7 Å². The molecule has 0 aliphatic carbocycles. The van der Waals surface area contributed by atoms with Gasteiger partial charge in [0.1, 0.15) is 5.75 Å².